The average Bonchev–Trinajstić information content (AvgIpc) is 3.24. The number of pyridine rings is 1. The average molecular weight is 373 g/mol. The number of nitrogens with zero attached hydrogens (tertiary/aromatic N) is 3. The van der Waals surface area contributed by atoms with Crippen LogP contribution in [-0.4, -0.2) is 21.6 Å². The lowest BCUT2D eigenvalue weighted by atomic mass is 9.96. The maximum Gasteiger partial charge on any atom is 0.138 e. The number of hydrogen-bond acceptors (Lipinski definition) is 3. The van der Waals surface area contributed by atoms with Crippen LogP contribution in [-0.2, 0) is 6.42 Å². The van der Waals surface area contributed by atoms with Crippen LogP contribution in [0.5, 0.6) is 5.75 Å². The number of benzene rings is 2. The second-order valence-corrected chi connectivity index (χ2v) is 6.66. The molecule has 4 nitrogen and oxygen atoms in total. The van der Waals surface area contributed by atoms with Crippen LogP contribution in [0.2, 0.25) is 0 Å². The Labute approximate surface area is 163 Å². The van der Waals surface area contributed by atoms with Gasteiger partial charge in [0.25, 0.3) is 0 Å². The van der Waals surface area contributed by atoms with E-state index in [1.54, 1.807) is 31.9 Å². The summed E-state index contributed by atoms with van der Waals surface area (Å²) in [7, 11) is 1.56. The lowest BCUT2D eigenvalue weighted by molar-refractivity contribution is 0.413. The zero-order chi connectivity index (χ0) is 19.5. The van der Waals surface area contributed by atoms with Crippen LogP contribution in [0.4, 0.5) is 4.39 Å². The smallest absolute Gasteiger partial charge is 0.138 e. The van der Waals surface area contributed by atoms with Crippen molar-refractivity contribution in [2.75, 3.05) is 7.11 Å². The molecule has 4 aromatic rings. The summed E-state index contributed by atoms with van der Waals surface area (Å²) in [6.07, 6.45) is 7.45. The lowest BCUT2D eigenvalue weighted by Crippen LogP contribution is -2.00. The van der Waals surface area contributed by atoms with Gasteiger partial charge in [-0.25, -0.2) is 14.4 Å². The van der Waals surface area contributed by atoms with Gasteiger partial charge in [-0.15, -0.1) is 0 Å². The molecular weight excluding hydrogens is 353 g/mol. The maximum absolute atomic E-state index is 15.4. The van der Waals surface area contributed by atoms with E-state index in [-0.39, 0.29) is 5.82 Å². The van der Waals surface area contributed by atoms with Crippen molar-refractivity contribution in [2.24, 2.45) is 0 Å². The Balaban J connectivity index is 1.68. The molecule has 0 aliphatic heterocycles. The Hall–Kier alpha value is -3.47. The van der Waals surface area contributed by atoms with Gasteiger partial charge >= 0.3 is 0 Å². The molecule has 140 valence electrons. The van der Waals surface area contributed by atoms with Crippen molar-refractivity contribution in [1.82, 2.24) is 14.5 Å². The summed E-state index contributed by atoms with van der Waals surface area (Å²) in [6, 6.07) is 15.2. The number of aryl methyl sites for hydroxylation is 1. The Morgan fingerprint density at radius 2 is 2.00 bits per heavy atom. The first kappa shape index (κ1) is 17.9. The molecule has 0 bridgehead atoms. The third-order valence-electron chi connectivity index (χ3n) is 4.68. The normalized spacial score (nSPS) is 10.8. The summed E-state index contributed by atoms with van der Waals surface area (Å²) >= 11 is 0. The van der Waals surface area contributed by atoms with Crippen molar-refractivity contribution in [2.45, 2.75) is 13.3 Å². The third-order valence-corrected chi connectivity index (χ3v) is 4.68. The van der Waals surface area contributed by atoms with Gasteiger partial charge in [0.1, 0.15) is 23.7 Å². The Morgan fingerprint density at radius 1 is 1.11 bits per heavy atom. The molecule has 0 aliphatic rings. The molecule has 0 radical (unpaired) electrons. The molecule has 0 amide bonds. The number of imidazole rings is 1. The minimum Gasteiger partial charge on any atom is -0.496 e. The molecule has 0 atom stereocenters. The van der Waals surface area contributed by atoms with Gasteiger partial charge in [0, 0.05) is 25.0 Å². The predicted octanol–water partition coefficient (Wildman–Crippen LogP) is 4.98. The van der Waals surface area contributed by atoms with Crippen LogP contribution >= 0.6 is 0 Å². The van der Waals surface area contributed by atoms with Gasteiger partial charge in [0.05, 0.1) is 12.7 Å². The highest BCUT2D eigenvalue weighted by Crippen LogP contribution is 2.35. The molecule has 5 heteroatoms. The molecular formula is C23H20FN3O. The maximum atomic E-state index is 15.4. The molecule has 2 aromatic carbocycles. The highest BCUT2D eigenvalue weighted by Gasteiger charge is 2.16. The van der Waals surface area contributed by atoms with E-state index in [4.69, 9.17) is 4.74 Å². The highest BCUT2D eigenvalue weighted by atomic mass is 19.1. The van der Waals surface area contributed by atoms with Crippen molar-refractivity contribution in [1.29, 1.82) is 0 Å². The van der Waals surface area contributed by atoms with Crippen LogP contribution in [0, 0.1) is 12.7 Å². The van der Waals surface area contributed by atoms with Crippen LogP contribution in [0.25, 0.3) is 16.9 Å². The quantitative estimate of drug-likeness (QED) is 0.495. The zero-order valence-corrected chi connectivity index (χ0v) is 15.8. The highest BCUT2D eigenvalue weighted by molar-refractivity contribution is 5.72. The first-order valence-corrected chi connectivity index (χ1v) is 9.01. The van der Waals surface area contributed by atoms with Crippen LogP contribution in [0.3, 0.4) is 0 Å². The van der Waals surface area contributed by atoms with E-state index in [1.807, 2.05) is 60.2 Å². The van der Waals surface area contributed by atoms with E-state index in [0.29, 0.717) is 23.3 Å². The van der Waals surface area contributed by atoms with Gasteiger partial charge in [0.15, 0.2) is 0 Å². The molecule has 0 aliphatic carbocycles. The molecule has 0 saturated carbocycles. The SMILES string of the molecule is COc1ccc(Cc2ccc(-n3ccnc3)nc2)c(F)c1-c1cccc(C)c1. The molecule has 0 unspecified atom stereocenters. The molecule has 0 fully saturated rings. The third kappa shape index (κ3) is 3.51. The number of ether oxygens (including phenoxy) is 1. The summed E-state index contributed by atoms with van der Waals surface area (Å²) in [5.74, 6) is 1.04. The number of halogens is 1. The number of aromatic nitrogens is 3. The summed E-state index contributed by atoms with van der Waals surface area (Å²) in [5.41, 5.74) is 3.91. The fourth-order valence-corrected chi connectivity index (χ4v) is 3.27. The number of methoxy groups -OCH3 is 1. The summed E-state index contributed by atoms with van der Waals surface area (Å²) in [4.78, 5) is 8.47. The molecule has 4 rings (SSSR count). The van der Waals surface area contributed by atoms with Crippen molar-refractivity contribution in [3.63, 3.8) is 0 Å². The Morgan fingerprint density at radius 3 is 2.68 bits per heavy atom. The van der Waals surface area contributed by atoms with Crippen LogP contribution in [0.1, 0.15) is 16.7 Å². The zero-order valence-electron chi connectivity index (χ0n) is 15.8. The molecule has 0 N–H and O–H groups in total. The summed E-state index contributed by atoms with van der Waals surface area (Å²) < 4.78 is 22.7. The van der Waals surface area contributed by atoms with Gasteiger partial charge in [-0.3, -0.25) is 4.57 Å². The minimum absolute atomic E-state index is 0.261. The van der Waals surface area contributed by atoms with E-state index < -0.39 is 0 Å². The molecule has 0 spiro atoms. The van der Waals surface area contributed by atoms with Crippen molar-refractivity contribution >= 4 is 0 Å². The van der Waals surface area contributed by atoms with Crippen LogP contribution < -0.4 is 4.74 Å². The Kier molecular flexibility index (Phi) is 4.89. The fourth-order valence-electron chi connectivity index (χ4n) is 3.27. The van der Waals surface area contributed by atoms with Crippen molar-refractivity contribution in [3.8, 4) is 22.7 Å². The second-order valence-electron chi connectivity index (χ2n) is 6.66. The van der Waals surface area contributed by atoms with E-state index in [0.717, 1.165) is 22.5 Å². The van der Waals surface area contributed by atoms with Gasteiger partial charge < -0.3 is 4.74 Å². The molecule has 28 heavy (non-hydrogen) atoms. The van der Waals surface area contributed by atoms with E-state index in [9.17, 15) is 0 Å². The molecule has 2 aromatic heterocycles. The van der Waals surface area contributed by atoms with E-state index >= 15 is 4.39 Å². The largest absolute Gasteiger partial charge is 0.496 e. The van der Waals surface area contributed by atoms with Gasteiger partial charge in [-0.05, 0) is 35.7 Å². The first-order chi connectivity index (χ1) is 13.7. The molecule has 0 saturated heterocycles. The minimum atomic E-state index is -0.261. The summed E-state index contributed by atoms with van der Waals surface area (Å²) in [5, 5.41) is 0. The lowest BCUT2D eigenvalue weighted by Gasteiger charge is -2.14. The van der Waals surface area contributed by atoms with Gasteiger partial charge in [0.2, 0.25) is 0 Å². The molecule has 2 heterocycles. The van der Waals surface area contributed by atoms with Crippen molar-refractivity contribution in [3.05, 3.63) is 96.0 Å². The summed E-state index contributed by atoms with van der Waals surface area (Å²) in [6.45, 7) is 1.99. The van der Waals surface area contributed by atoms with E-state index in [2.05, 4.69) is 9.97 Å². The second kappa shape index (κ2) is 7.64. The predicted molar refractivity (Wildman–Crippen MR) is 107 cm³/mol. The topological polar surface area (TPSA) is 39.9 Å². The van der Waals surface area contributed by atoms with E-state index in [1.165, 1.54) is 0 Å². The monoisotopic (exact) mass is 373 g/mol. The number of rotatable bonds is 5. The number of hydrogen-bond donors (Lipinski definition) is 0. The standard InChI is InChI=1S/C23H20FN3O/c1-16-4-3-5-18(12-16)22-20(28-2)8-7-19(23(22)24)13-17-6-9-21(26-14-17)27-11-10-25-15-27/h3-12,14-15H,13H2,1-2H3. The fraction of sp³-hybridized carbons (Fsp3) is 0.130. The van der Waals surface area contributed by atoms with Crippen molar-refractivity contribution < 1.29 is 9.13 Å². The van der Waals surface area contributed by atoms with Crippen LogP contribution in [0.15, 0.2) is 73.4 Å². The van der Waals surface area contributed by atoms with Gasteiger partial charge in [-0.2, -0.15) is 0 Å². The van der Waals surface area contributed by atoms with Gasteiger partial charge in [-0.1, -0.05) is 42.0 Å². The first-order valence-electron chi connectivity index (χ1n) is 9.01. The Bertz CT molecular complexity index is 1090.